The Morgan fingerprint density at radius 1 is 1.57 bits per heavy atom. The molecule has 1 rings (SSSR count). The molecule has 4 nitrogen and oxygen atoms in total. The van der Waals surface area contributed by atoms with Gasteiger partial charge >= 0.3 is 0 Å². The van der Waals surface area contributed by atoms with Crippen LogP contribution in [0.2, 0.25) is 0 Å². The topological polar surface area (TPSA) is 71.8 Å². The van der Waals surface area contributed by atoms with Crippen LogP contribution in [-0.4, -0.2) is 16.0 Å². The zero-order chi connectivity index (χ0) is 10.7. The Labute approximate surface area is 83.2 Å². The Kier molecular flexibility index (Phi) is 3.06. The van der Waals surface area contributed by atoms with E-state index in [4.69, 9.17) is 5.73 Å². The van der Waals surface area contributed by atoms with Gasteiger partial charge in [-0.2, -0.15) is 5.10 Å². The monoisotopic (exact) mass is 193 g/mol. The first-order valence-electron chi connectivity index (χ1n) is 4.54. The maximum atomic E-state index is 11.3. The molecule has 1 heterocycles. The molecular weight excluding hydrogens is 178 g/mol. The van der Waals surface area contributed by atoms with Gasteiger partial charge in [0.2, 0.25) is 0 Å². The van der Waals surface area contributed by atoms with E-state index in [2.05, 4.69) is 10.2 Å². The molecule has 0 atom stereocenters. The molecule has 0 radical (unpaired) electrons. The lowest BCUT2D eigenvalue weighted by Crippen LogP contribution is -2.12. The van der Waals surface area contributed by atoms with Crippen LogP contribution in [0.4, 0.5) is 0 Å². The van der Waals surface area contributed by atoms with Crippen molar-refractivity contribution in [1.29, 1.82) is 0 Å². The van der Waals surface area contributed by atoms with Gasteiger partial charge in [-0.3, -0.25) is 9.89 Å². The van der Waals surface area contributed by atoms with E-state index >= 15 is 0 Å². The Morgan fingerprint density at radius 2 is 2.21 bits per heavy atom. The molecule has 0 aromatic carbocycles. The average Bonchev–Trinajstić information content (AvgIpc) is 2.53. The molecule has 0 unspecified atom stereocenters. The largest absolute Gasteiger partial charge is 0.397 e. The minimum absolute atomic E-state index is 0.00657. The lowest BCUT2D eigenvalue weighted by Gasteiger charge is -2.11. The summed E-state index contributed by atoms with van der Waals surface area (Å²) in [5.41, 5.74) is 7.71. The van der Waals surface area contributed by atoms with E-state index in [1.54, 1.807) is 12.3 Å². The van der Waals surface area contributed by atoms with Gasteiger partial charge in [-0.1, -0.05) is 13.8 Å². The normalized spacial score (nSPS) is 12.9. The third-order valence-corrected chi connectivity index (χ3v) is 2.04. The molecule has 1 aromatic rings. The number of rotatable bonds is 3. The summed E-state index contributed by atoms with van der Waals surface area (Å²) in [7, 11) is 0. The number of aromatic amines is 1. The number of hydrogen-bond donors (Lipinski definition) is 2. The van der Waals surface area contributed by atoms with Crippen molar-refractivity contribution < 1.29 is 4.79 Å². The molecule has 0 aliphatic carbocycles. The summed E-state index contributed by atoms with van der Waals surface area (Å²) in [5.74, 6) is 0.128. The van der Waals surface area contributed by atoms with Crippen molar-refractivity contribution in [2.24, 2.45) is 11.7 Å². The fourth-order valence-corrected chi connectivity index (χ4v) is 1.46. The van der Waals surface area contributed by atoms with Crippen molar-refractivity contribution in [1.82, 2.24) is 10.2 Å². The second-order valence-electron chi connectivity index (χ2n) is 3.51. The molecule has 1 aromatic heterocycles. The number of nitrogens with two attached hydrogens (primary N) is 1. The lowest BCUT2D eigenvalue weighted by atomic mass is 9.96. The minimum Gasteiger partial charge on any atom is -0.397 e. The zero-order valence-corrected chi connectivity index (χ0v) is 8.66. The van der Waals surface area contributed by atoms with Crippen LogP contribution in [0.15, 0.2) is 17.8 Å². The molecule has 76 valence electrons. The molecule has 0 spiro atoms. The van der Waals surface area contributed by atoms with E-state index in [9.17, 15) is 4.79 Å². The number of hydrogen-bond acceptors (Lipinski definition) is 3. The molecule has 4 heteroatoms. The van der Waals surface area contributed by atoms with Crippen LogP contribution in [-0.2, 0) is 4.79 Å². The molecule has 0 amide bonds. The number of allylic oxidation sites excluding steroid dienone is 1. The third-order valence-electron chi connectivity index (χ3n) is 2.04. The Bertz CT molecular complexity index is 349. The van der Waals surface area contributed by atoms with E-state index < -0.39 is 0 Å². The number of carbonyl (C=O) groups is 1. The molecule has 0 saturated carbocycles. The maximum Gasteiger partial charge on any atom is 0.158 e. The van der Waals surface area contributed by atoms with Gasteiger partial charge in [0.1, 0.15) is 0 Å². The van der Waals surface area contributed by atoms with Crippen molar-refractivity contribution in [3.8, 4) is 0 Å². The van der Waals surface area contributed by atoms with Gasteiger partial charge in [-0.15, -0.1) is 0 Å². The predicted octanol–water partition coefficient (Wildman–Crippen LogP) is 1.32. The summed E-state index contributed by atoms with van der Waals surface area (Å²) < 4.78 is 0. The predicted molar refractivity (Wildman–Crippen MR) is 55.2 cm³/mol. The van der Waals surface area contributed by atoms with Gasteiger partial charge < -0.3 is 5.73 Å². The summed E-state index contributed by atoms with van der Waals surface area (Å²) in [5, 5.41) is 6.54. The van der Waals surface area contributed by atoms with E-state index in [0.29, 0.717) is 17.0 Å². The maximum absolute atomic E-state index is 11.3. The van der Waals surface area contributed by atoms with Crippen LogP contribution in [0, 0.1) is 5.92 Å². The fourth-order valence-electron chi connectivity index (χ4n) is 1.46. The molecule has 0 aliphatic heterocycles. The highest BCUT2D eigenvalue weighted by molar-refractivity contribution is 6.00. The van der Waals surface area contributed by atoms with Crippen LogP contribution in [0.3, 0.4) is 0 Å². The van der Waals surface area contributed by atoms with Gasteiger partial charge in [0, 0.05) is 11.8 Å². The number of Topliss-reactive ketones (excluding diaryl/α,β-unsaturated/α-hetero) is 1. The van der Waals surface area contributed by atoms with Gasteiger partial charge in [-0.25, -0.2) is 0 Å². The summed E-state index contributed by atoms with van der Waals surface area (Å²) >= 11 is 0. The molecule has 3 N–H and O–H groups in total. The highest BCUT2D eigenvalue weighted by atomic mass is 16.1. The number of ketones is 1. The summed E-state index contributed by atoms with van der Waals surface area (Å²) in [4.78, 5) is 11.3. The molecule has 14 heavy (non-hydrogen) atoms. The number of nitrogens with one attached hydrogen (secondary N) is 1. The van der Waals surface area contributed by atoms with E-state index in [1.165, 1.54) is 6.92 Å². The average molecular weight is 193 g/mol. The summed E-state index contributed by atoms with van der Waals surface area (Å²) in [6, 6.07) is 1.75. The summed E-state index contributed by atoms with van der Waals surface area (Å²) in [6.07, 6.45) is 1.61. The van der Waals surface area contributed by atoms with Gasteiger partial charge in [0.05, 0.1) is 11.4 Å². The van der Waals surface area contributed by atoms with Crippen molar-refractivity contribution >= 4 is 11.5 Å². The first-order chi connectivity index (χ1) is 6.54. The second-order valence-corrected chi connectivity index (χ2v) is 3.51. The Balaban J connectivity index is 3.18. The Morgan fingerprint density at radius 3 is 2.57 bits per heavy atom. The first kappa shape index (κ1) is 10.5. The van der Waals surface area contributed by atoms with Crippen LogP contribution < -0.4 is 5.73 Å². The van der Waals surface area contributed by atoms with E-state index in [0.717, 1.165) is 0 Å². The molecular formula is C10H15N3O. The third kappa shape index (κ3) is 2.02. The van der Waals surface area contributed by atoms with Gasteiger partial charge in [-0.05, 0) is 18.9 Å². The molecule has 0 bridgehead atoms. The van der Waals surface area contributed by atoms with Gasteiger partial charge in [0.15, 0.2) is 5.78 Å². The van der Waals surface area contributed by atoms with Crippen molar-refractivity contribution in [3.05, 3.63) is 23.5 Å². The Hall–Kier alpha value is -1.58. The molecule has 0 fully saturated rings. The van der Waals surface area contributed by atoms with Crippen LogP contribution in [0.1, 0.15) is 26.5 Å². The number of nitrogens with zero attached hydrogens (tertiary/aromatic N) is 1. The SMILES string of the molecule is CC(=O)/C(=C(\N)c1ccn[nH]1)C(C)C. The van der Waals surface area contributed by atoms with Gasteiger partial charge in [0.25, 0.3) is 0 Å². The highest BCUT2D eigenvalue weighted by Gasteiger charge is 2.14. The highest BCUT2D eigenvalue weighted by Crippen LogP contribution is 2.18. The van der Waals surface area contributed by atoms with Crippen LogP contribution >= 0.6 is 0 Å². The number of aromatic nitrogens is 2. The first-order valence-corrected chi connectivity index (χ1v) is 4.54. The smallest absolute Gasteiger partial charge is 0.158 e. The quantitative estimate of drug-likeness (QED) is 0.711. The lowest BCUT2D eigenvalue weighted by molar-refractivity contribution is -0.113. The van der Waals surface area contributed by atoms with Crippen LogP contribution in [0.25, 0.3) is 5.70 Å². The second kappa shape index (κ2) is 4.09. The fraction of sp³-hybridized carbons (Fsp3) is 0.400. The standard InChI is InChI=1S/C10H15N3O/c1-6(2)9(7(3)14)10(11)8-4-5-12-13-8/h4-6H,11H2,1-3H3,(H,12,13)/b10-9-. The zero-order valence-electron chi connectivity index (χ0n) is 8.66. The molecule has 0 aliphatic rings. The molecule has 0 saturated heterocycles. The minimum atomic E-state index is 0.00657. The van der Waals surface area contributed by atoms with Crippen molar-refractivity contribution in [3.63, 3.8) is 0 Å². The van der Waals surface area contributed by atoms with E-state index in [-0.39, 0.29) is 11.7 Å². The summed E-state index contributed by atoms with van der Waals surface area (Å²) in [6.45, 7) is 5.42. The van der Waals surface area contributed by atoms with Crippen LogP contribution in [0.5, 0.6) is 0 Å². The van der Waals surface area contributed by atoms with E-state index in [1.807, 2.05) is 13.8 Å². The number of carbonyl (C=O) groups excluding carboxylic acids is 1. The van der Waals surface area contributed by atoms with Crippen molar-refractivity contribution in [2.45, 2.75) is 20.8 Å². The number of H-pyrrole nitrogens is 1. The van der Waals surface area contributed by atoms with Crippen molar-refractivity contribution in [2.75, 3.05) is 0 Å².